The molecule has 2 rings (SSSR count). The number of carbonyl (C=O) groups excluding carboxylic acids is 1. The number of halogens is 1. The topological polar surface area (TPSA) is 17.1 Å². The predicted octanol–water partition coefficient (Wildman–Crippen LogP) is 3.84. The van der Waals surface area contributed by atoms with E-state index in [-0.39, 0.29) is 0 Å². The van der Waals surface area contributed by atoms with Crippen molar-refractivity contribution >= 4 is 28.4 Å². The van der Waals surface area contributed by atoms with Gasteiger partial charge in [0, 0.05) is 16.8 Å². The molecule has 0 N–H and O–H groups in total. The molecule has 15 heavy (non-hydrogen) atoms. The van der Waals surface area contributed by atoms with Crippen molar-refractivity contribution in [3.63, 3.8) is 0 Å². The van der Waals surface area contributed by atoms with Crippen molar-refractivity contribution in [1.29, 1.82) is 0 Å². The molecule has 0 aromatic carbocycles. The summed E-state index contributed by atoms with van der Waals surface area (Å²) < 4.78 is 1.24. The van der Waals surface area contributed by atoms with Gasteiger partial charge in [0.05, 0.1) is 0 Å². The zero-order valence-corrected chi connectivity index (χ0v) is 11.9. The van der Waals surface area contributed by atoms with Crippen molar-refractivity contribution in [3.05, 3.63) is 0 Å². The molecule has 2 fully saturated rings. The van der Waals surface area contributed by atoms with E-state index in [0.717, 1.165) is 24.7 Å². The van der Waals surface area contributed by atoms with Gasteiger partial charge in [-0.25, -0.2) is 0 Å². The standard InChI is InChI=1S/C13H21IO/c1-9(8-14)10-5-6-11-12(15)4-3-7-13(10,11)2/h9-11H,3-8H2,1-2H3/t9-,10?,11?,13-/m1/s1. The second kappa shape index (κ2) is 4.34. The van der Waals surface area contributed by atoms with E-state index in [4.69, 9.17) is 0 Å². The number of fused-ring (bicyclic) bond motifs is 1. The van der Waals surface area contributed by atoms with Gasteiger partial charge in [-0.15, -0.1) is 0 Å². The van der Waals surface area contributed by atoms with Crippen LogP contribution in [-0.4, -0.2) is 10.2 Å². The summed E-state index contributed by atoms with van der Waals surface area (Å²) in [5.74, 6) is 2.55. The number of Topliss-reactive ketones (excluding diaryl/α,β-unsaturated/α-hetero) is 1. The third-order valence-electron chi connectivity index (χ3n) is 4.87. The fourth-order valence-corrected chi connectivity index (χ4v) is 4.63. The van der Waals surface area contributed by atoms with Gasteiger partial charge < -0.3 is 0 Å². The first-order valence-electron chi connectivity index (χ1n) is 6.18. The maximum absolute atomic E-state index is 11.9. The number of hydrogen-bond donors (Lipinski definition) is 0. The molecule has 0 saturated heterocycles. The summed E-state index contributed by atoms with van der Waals surface area (Å²) in [6, 6.07) is 0. The minimum atomic E-state index is 0.347. The molecule has 0 aliphatic heterocycles. The maximum atomic E-state index is 11.9. The number of alkyl halides is 1. The monoisotopic (exact) mass is 320 g/mol. The summed E-state index contributed by atoms with van der Waals surface area (Å²) in [6.45, 7) is 4.75. The lowest BCUT2D eigenvalue weighted by molar-refractivity contribution is -0.129. The third-order valence-corrected chi connectivity index (χ3v) is 6.26. The highest BCUT2D eigenvalue weighted by molar-refractivity contribution is 14.1. The molecule has 0 aromatic heterocycles. The number of hydrogen-bond acceptors (Lipinski definition) is 1. The van der Waals surface area contributed by atoms with Crippen molar-refractivity contribution in [3.8, 4) is 0 Å². The van der Waals surface area contributed by atoms with Gasteiger partial charge in [0.15, 0.2) is 0 Å². The lowest BCUT2D eigenvalue weighted by Gasteiger charge is -2.41. The van der Waals surface area contributed by atoms with Crippen LogP contribution in [-0.2, 0) is 4.79 Å². The predicted molar refractivity (Wildman–Crippen MR) is 71.2 cm³/mol. The van der Waals surface area contributed by atoms with Crippen molar-refractivity contribution < 1.29 is 4.79 Å². The average Bonchev–Trinajstić information content (AvgIpc) is 2.56. The van der Waals surface area contributed by atoms with E-state index in [2.05, 4.69) is 36.4 Å². The van der Waals surface area contributed by atoms with Gasteiger partial charge in [-0.2, -0.15) is 0 Å². The van der Waals surface area contributed by atoms with Crippen LogP contribution in [0.1, 0.15) is 46.0 Å². The molecule has 0 radical (unpaired) electrons. The highest BCUT2D eigenvalue weighted by Gasteiger charge is 2.51. The molecule has 2 heteroatoms. The zero-order chi connectivity index (χ0) is 11.1. The van der Waals surface area contributed by atoms with Gasteiger partial charge in [0.1, 0.15) is 5.78 Å². The van der Waals surface area contributed by atoms with E-state index in [9.17, 15) is 4.79 Å². The molecular formula is C13H21IO. The molecule has 86 valence electrons. The number of rotatable bonds is 2. The molecule has 0 heterocycles. The summed E-state index contributed by atoms with van der Waals surface area (Å²) in [7, 11) is 0. The Morgan fingerprint density at radius 2 is 2.27 bits per heavy atom. The summed E-state index contributed by atoms with van der Waals surface area (Å²) in [5, 5.41) is 0. The molecule has 0 amide bonds. The van der Waals surface area contributed by atoms with Gasteiger partial charge >= 0.3 is 0 Å². The molecule has 0 bridgehead atoms. The van der Waals surface area contributed by atoms with E-state index in [1.807, 2.05) is 0 Å². The van der Waals surface area contributed by atoms with Crippen molar-refractivity contribution in [2.24, 2.45) is 23.2 Å². The van der Waals surface area contributed by atoms with Crippen LogP contribution in [0.4, 0.5) is 0 Å². The molecule has 2 unspecified atom stereocenters. The minimum absolute atomic E-state index is 0.347. The van der Waals surface area contributed by atoms with Crippen LogP contribution < -0.4 is 0 Å². The lowest BCUT2D eigenvalue weighted by Crippen LogP contribution is -2.39. The van der Waals surface area contributed by atoms with Crippen LogP contribution in [0.3, 0.4) is 0 Å². The van der Waals surface area contributed by atoms with Gasteiger partial charge in [-0.05, 0) is 42.9 Å². The Hall–Kier alpha value is 0.400. The van der Waals surface area contributed by atoms with Gasteiger partial charge in [0.25, 0.3) is 0 Å². The molecule has 0 aromatic rings. The summed E-state index contributed by atoms with van der Waals surface area (Å²) in [4.78, 5) is 11.9. The van der Waals surface area contributed by atoms with E-state index < -0.39 is 0 Å². The van der Waals surface area contributed by atoms with E-state index in [1.54, 1.807) is 0 Å². The van der Waals surface area contributed by atoms with Crippen molar-refractivity contribution in [1.82, 2.24) is 0 Å². The minimum Gasteiger partial charge on any atom is -0.299 e. The summed E-state index contributed by atoms with van der Waals surface area (Å²) in [5.41, 5.74) is 0.347. The van der Waals surface area contributed by atoms with Gasteiger partial charge in [0.2, 0.25) is 0 Å². The van der Waals surface area contributed by atoms with Crippen LogP contribution in [0.2, 0.25) is 0 Å². The molecular weight excluding hydrogens is 299 g/mol. The quantitative estimate of drug-likeness (QED) is 0.558. The maximum Gasteiger partial charge on any atom is 0.136 e. The van der Waals surface area contributed by atoms with E-state index >= 15 is 0 Å². The lowest BCUT2D eigenvalue weighted by atomic mass is 9.62. The fourth-order valence-electron chi connectivity index (χ4n) is 4.01. The SMILES string of the molecule is C[C@H](CI)C1CCC2C(=O)CCC[C@@]21C. The van der Waals surface area contributed by atoms with Crippen LogP contribution in [0.5, 0.6) is 0 Å². The van der Waals surface area contributed by atoms with E-state index in [0.29, 0.717) is 17.1 Å². The highest BCUT2D eigenvalue weighted by Crippen LogP contribution is 2.56. The Bertz CT molecular complexity index is 263. The molecule has 0 spiro atoms. The molecule has 1 nitrogen and oxygen atoms in total. The summed E-state index contributed by atoms with van der Waals surface area (Å²) in [6.07, 6.45) is 5.73. The van der Waals surface area contributed by atoms with Crippen LogP contribution in [0.15, 0.2) is 0 Å². The van der Waals surface area contributed by atoms with Gasteiger partial charge in [-0.1, -0.05) is 36.4 Å². The Kier molecular flexibility index (Phi) is 3.44. The Morgan fingerprint density at radius 3 is 2.93 bits per heavy atom. The second-order valence-electron chi connectivity index (χ2n) is 5.69. The average molecular weight is 320 g/mol. The molecule has 2 aliphatic carbocycles. The number of ketones is 1. The van der Waals surface area contributed by atoms with Crippen LogP contribution in [0, 0.1) is 23.2 Å². The summed E-state index contributed by atoms with van der Waals surface area (Å²) >= 11 is 2.49. The normalized spacial score (nSPS) is 42.7. The Morgan fingerprint density at radius 1 is 1.53 bits per heavy atom. The first-order valence-corrected chi connectivity index (χ1v) is 7.71. The fraction of sp³-hybridized carbons (Fsp3) is 0.923. The molecule has 2 saturated carbocycles. The van der Waals surface area contributed by atoms with Gasteiger partial charge in [-0.3, -0.25) is 4.79 Å². The molecule has 2 aliphatic rings. The number of carbonyl (C=O) groups is 1. The zero-order valence-electron chi connectivity index (χ0n) is 9.76. The first-order chi connectivity index (χ1) is 7.09. The largest absolute Gasteiger partial charge is 0.299 e. The third kappa shape index (κ3) is 1.87. The van der Waals surface area contributed by atoms with Crippen molar-refractivity contribution in [2.45, 2.75) is 46.0 Å². The van der Waals surface area contributed by atoms with Crippen molar-refractivity contribution in [2.75, 3.05) is 4.43 Å². The Balaban J connectivity index is 2.21. The van der Waals surface area contributed by atoms with Crippen LogP contribution in [0.25, 0.3) is 0 Å². The van der Waals surface area contributed by atoms with Crippen LogP contribution >= 0.6 is 22.6 Å². The second-order valence-corrected chi connectivity index (χ2v) is 6.57. The highest BCUT2D eigenvalue weighted by atomic mass is 127. The van der Waals surface area contributed by atoms with E-state index in [1.165, 1.54) is 23.7 Å². The smallest absolute Gasteiger partial charge is 0.136 e. The molecule has 4 atom stereocenters. The Labute approximate surface area is 107 Å². The first kappa shape index (κ1) is 11.9.